The van der Waals surface area contributed by atoms with Crippen molar-refractivity contribution in [2.24, 2.45) is 0 Å². The number of aromatic nitrogens is 1. The molecule has 0 amide bonds. The van der Waals surface area contributed by atoms with Gasteiger partial charge in [0.2, 0.25) is 0 Å². The van der Waals surface area contributed by atoms with Crippen molar-refractivity contribution >= 4 is 30.6 Å². The Morgan fingerprint density at radius 2 is 1.71 bits per heavy atom. The molecule has 0 radical (unpaired) electrons. The highest BCUT2D eigenvalue weighted by molar-refractivity contribution is 7.53. The number of fused-ring (bicyclic) bond motifs is 1. The molecule has 0 spiro atoms. The van der Waals surface area contributed by atoms with Gasteiger partial charge in [0, 0.05) is 5.39 Å². The van der Waals surface area contributed by atoms with Gasteiger partial charge in [0.15, 0.2) is 0 Å². The highest BCUT2D eigenvalue weighted by Gasteiger charge is 2.27. The van der Waals surface area contributed by atoms with Gasteiger partial charge in [-0.25, -0.2) is 14.2 Å². The Balaban J connectivity index is 2.48. The smallest absolute Gasteiger partial charge is 0.419 e. The van der Waals surface area contributed by atoms with Crippen LogP contribution in [0.1, 0.15) is 50.7 Å². The third kappa shape index (κ3) is 5.22. The first kappa shape index (κ1) is 22.1. The first-order chi connectivity index (χ1) is 13.0. The van der Waals surface area contributed by atoms with E-state index in [0.717, 1.165) is 4.57 Å². The predicted octanol–water partition coefficient (Wildman–Crippen LogP) is 4.89. The normalized spacial score (nSPS) is 12.3. The van der Waals surface area contributed by atoms with Crippen molar-refractivity contribution in [3.63, 3.8) is 0 Å². The first-order valence-electron chi connectivity index (χ1n) is 8.99. The fraction of sp³-hybridized carbons (Fsp3) is 0.474. The van der Waals surface area contributed by atoms with Gasteiger partial charge in [0.25, 0.3) is 0 Å². The average Bonchev–Trinajstić information content (AvgIpc) is 2.92. The monoisotopic (exact) mass is 411 g/mol. The van der Waals surface area contributed by atoms with Crippen molar-refractivity contribution in [3.8, 4) is 0 Å². The van der Waals surface area contributed by atoms with E-state index < -0.39 is 25.3 Å². The van der Waals surface area contributed by atoms with E-state index in [1.54, 1.807) is 52.8 Å². The molecule has 0 saturated heterocycles. The zero-order valence-corrected chi connectivity index (χ0v) is 17.6. The molecule has 0 atom stereocenters. The second-order valence-corrected chi connectivity index (χ2v) is 9.20. The minimum atomic E-state index is -3.31. The van der Waals surface area contributed by atoms with Crippen LogP contribution >= 0.6 is 7.60 Å². The Morgan fingerprint density at radius 3 is 2.21 bits per heavy atom. The van der Waals surface area contributed by atoms with Gasteiger partial charge < -0.3 is 18.9 Å². The standard InChI is InChI=1S/C19H26NO7P/c1-6-25-28(24,26-7-2)12-13-8-9-15-14(10-13)11-16(17(21)22)20(15)18(23)27-19(3,4)5/h8-11H,6-7,12H2,1-5H3,(H,21,22). The van der Waals surface area contributed by atoms with Gasteiger partial charge in [0.1, 0.15) is 11.3 Å². The van der Waals surface area contributed by atoms with Crippen LogP contribution in [0.15, 0.2) is 24.3 Å². The largest absolute Gasteiger partial charge is 0.477 e. The molecule has 0 aliphatic heterocycles. The van der Waals surface area contributed by atoms with E-state index in [1.165, 1.54) is 6.07 Å². The molecule has 0 aliphatic rings. The summed E-state index contributed by atoms with van der Waals surface area (Å²) in [5.41, 5.74) is 0.0543. The van der Waals surface area contributed by atoms with Crippen LogP contribution in [0.3, 0.4) is 0 Å². The Hall–Kier alpha value is -2.15. The van der Waals surface area contributed by atoms with Crippen LogP contribution in [0.5, 0.6) is 0 Å². The SMILES string of the molecule is CCOP(=O)(Cc1ccc2c(c1)cc(C(=O)O)n2C(=O)OC(C)(C)C)OCC. The highest BCUT2D eigenvalue weighted by atomic mass is 31.2. The summed E-state index contributed by atoms with van der Waals surface area (Å²) in [6.45, 7) is 9.07. The maximum Gasteiger partial charge on any atom is 0.419 e. The second-order valence-electron chi connectivity index (χ2n) is 7.15. The zero-order valence-electron chi connectivity index (χ0n) is 16.7. The van der Waals surface area contributed by atoms with Gasteiger partial charge in [-0.1, -0.05) is 6.07 Å². The van der Waals surface area contributed by atoms with Crippen molar-refractivity contribution < 1.29 is 33.0 Å². The summed E-state index contributed by atoms with van der Waals surface area (Å²) in [5, 5.41) is 10.0. The van der Waals surface area contributed by atoms with Crippen LogP contribution < -0.4 is 0 Å². The topological polar surface area (TPSA) is 104 Å². The molecular weight excluding hydrogens is 385 g/mol. The fourth-order valence-electron chi connectivity index (χ4n) is 2.77. The van der Waals surface area contributed by atoms with E-state index in [9.17, 15) is 19.3 Å². The maximum absolute atomic E-state index is 12.7. The number of aromatic carboxylic acids is 1. The molecule has 0 aliphatic carbocycles. The summed E-state index contributed by atoms with van der Waals surface area (Å²) in [6, 6.07) is 6.33. The molecule has 9 heteroatoms. The number of benzene rings is 1. The number of carbonyl (C=O) groups excluding carboxylic acids is 1. The minimum absolute atomic E-state index is 0.0463. The Morgan fingerprint density at radius 1 is 1.11 bits per heavy atom. The summed E-state index contributed by atoms with van der Waals surface area (Å²) in [5.74, 6) is -1.25. The summed E-state index contributed by atoms with van der Waals surface area (Å²) in [4.78, 5) is 24.2. The summed E-state index contributed by atoms with van der Waals surface area (Å²) in [6.07, 6.45) is -0.730. The van der Waals surface area contributed by atoms with Gasteiger partial charge in [-0.3, -0.25) is 4.57 Å². The lowest BCUT2D eigenvalue weighted by Crippen LogP contribution is -2.28. The van der Waals surface area contributed by atoms with Gasteiger partial charge in [0.05, 0.1) is 24.9 Å². The maximum atomic E-state index is 12.7. The Kier molecular flexibility index (Phi) is 6.70. The molecular formula is C19H26NO7P. The molecule has 28 heavy (non-hydrogen) atoms. The lowest BCUT2D eigenvalue weighted by atomic mass is 10.2. The quantitative estimate of drug-likeness (QED) is 0.647. The summed E-state index contributed by atoms with van der Waals surface area (Å²) in [7, 11) is -3.31. The highest BCUT2D eigenvalue weighted by Crippen LogP contribution is 2.51. The zero-order chi connectivity index (χ0) is 21.1. The second kappa shape index (κ2) is 8.47. The van der Waals surface area contributed by atoms with E-state index in [2.05, 4.69) is 0 Å². The predicted molar refractivity (Wildman–Crippen MR) is 105 cm³/mol. The van der Waals surface area contributed by atoms with E-state index >= 15 is 0 Å². The van der Waals surface area contributed by atoms with Crippen LogP contribution in [0.25, 0.3) is 10.9 Å². The number of hydrogen-bond donors (Lipinski definition) is 1. The summed E-state index contributed by atoms with van der Waals surface area (Å²) < 4.78 is 29.7. The number of hydrogen-bond acceptors (Lipinski definition) is 6. The van der Waals surface area contributed by atoms with Crippen LogP contribution in [0.2, 0.25) is 0 Å². The molecule has 8 nitrogen and oxygen atoms in total. The molecule has 0 bridgehead atoms. The van der Waals surface area contributed by atoms with E-state index in [1.807, 2.05) is 0 Å². The molecule has 2 rings (SSSR count). The van der Waals surface area contributed by atoms with Gasteiger partial charge in [-0.05, 0) is 58.4 Å². The third-order valence-corrected chi connectivity index (χ3v) is 5.74. The molecule has 0 saturated carbocycles. The van der Waals surface area contributed by atoms with E-state index in [0.29, 0.717) is 16.5 Å². The van der Waals surface area contributed by atoms with Crippen LogP contribution in [-0.4, -0.2) is 40.6 Å². The number of rotatable bonds is 7. The van der Waals surface area contributed by atoms with Crippen molar-refractivity contribution in [1.82, 2.24) is 4.57 Å². The Bertz CT molecular complexity index is 916. The molecule has 1 N–H and O–H groups in total. The Labute approximate surface area is 163 Å². The van der Waals surface area contributed by atoms with Gasteiger partial charge in [-0.15, -0.1) is 0 Å². The van der Waals surface area contributed by atoms with Crippen LogP contribution in [0.4, 0.5) is 4.79 Å². The van der Waals surface area contributed by atoms with E-state index in [-0.39, 0.29) is 25.1 Å². The molecule has 1 aromatic carbocycles. The van der Waals surface area contributed by atoms with Crippen molar-refractivity contribution in [1.29, 1.82) is 0 Å². The van der Waals surface area contributed by atoms with Gasteiger partial charge in [-0.2, -0.15) is 0 Å². The molecule has 1 heterocycles. The number of ether oxygens (including phenoxy) is 1. The van der Waals surface area contributed by atoms with Crippen molar-refractivity contribution in [2.45, 2.75) is 46.4 Å². The van der Waals surface area contributed by atoms with Crippen LogP contribution in [0, 0.1) is 0 Å². The minimum Gasteiger partial charge on any atom is -0.477 e. The number of carboxylic acids is 1. The first-order valence-corrected chi connectivity index (χ1v) is 10.7. The molecule has 0 fully saturated rings. The van der Waals surface area contributed by atoms with Crippen LogP contribution in [-0.2, 0) is 24.5 Å². The number of nitrogens with zero attached hydrogens (tertiary/aromatic N) is 1. The fourth-order valence-corrected chi connectivity index (χ4v) is 4.46. The summed E-state index contributed by atoms with van der Waals surface area (Å²) >= 11 is 0. The lowest BCUT2D eigenvalue weighted by molar-refractivity contribution is 0.0513. The van der Waals surface area contributed by atoms with Crippen molar-refractivity contribution in [2.75, 3.05) is 13.2 Å². The molecule has 0 unspecified atom stereocenters. The van der Waals surface area contributed by atoms with Gasteiger partial charge >= 0.3 is 19.7 Å². The van der Waals surface area contributed by atoms with Crippen molar-refractivity contribution in [3.05, 3.63) is 35.5 Å². The molecule has 2 aromatic rings. The average molecular weight is 411 g/mol. The lowest BCUT2D eigenvalue weighted by Gasteiger charge is -2.20. The molecule has 1 aromatic heterocycles. The molecule has 154 valence electrons. The van der Waals surface area contributed by atoms with E-state index in [4.69, 9.17) is 13.8 Å². The third-order valence-electron chi connectivity index (χ3n) is 3.69. The number of carboxylic acid groups (broad SMARTS) is 1. The number of carbonyl (C=O) groups is 2.